The molecular formula is C17H18F2N2O3S. The molecule has 2 aromatic rings. The number of aryl methyl sites for hydroxylation is 1. The van der Waals surface area contributed by atoms with Crippen LogP contribution in [0.3, 0.4) is 0 Å². The number of carbonyl (C=O) groups excluding carboxylic acids is 1. The van der Waals surface area contributed by atoms with Crippen LogP contribution in [0.25, 0.3) is 0 Å². The minimum absolute atomic E-state index is 0.0404. The van der Waals surface area contributed by atoms with E-state index in [4.69, 9.17) is 0 Å². The smallest absolute Gasteiger partial charge is 0.245 e. The van der Waals surface area contributed by atoms with Gasteiger partial charge < -0.3 is 5.32 Å². The minimum Gasteiger partial charge on any atom is -0.324 e. The fraction of sp³-hybridized carbons (Fsp3) is 0.235. The first-order valence-electron chi connectivity index (χ1n) is 7.52. The Morgan fingerprint density at radius 3 is 2.24 bits per heavy atom. The SMILES string of the molecule is CCc1ccc(N(CC(=O)Nc2ccc(F)c(F)c2)S(C)(=O)=O)cc1. The molecule has 134 valence electrons. The van der Waals surface area contributed by atoms with Gasteiger partial charge in [-0.15, -0.1) is 0 Å². The van der Waals surface area contributed by atoms with Gasteiger partial charge in [0.1, 0.15) is 6.54 Å². The molecule has 2 rings (SSSR count). The number of hydrogen-bond acceptors (Lipinski definition) is 3. The Bertz CT molecular complexity index is 868. The lowest BCUT2D eigenvalue weighted by atomic mass is 10.1. The molecule has 0 saturated carbocycles. The van der Waals surface area contributed by atoms with Crippen LogP contribution in [0, 0.1) is 11.6 Å². The van der Waals surface area contributed by atoms with Gasteiger partial charge in [0.05, 0.1) is 11.9 Å². The van der Waals surface area contributed by atoms with E-state index in [0.717, 1.165) is 34.7 Å². The highest BCUT2D eigenvalue weighted by Crippen LogP contribution is 2.19. The molecule has 0 saturated heterocycles. The second-order valence-corrected chi connectivity index (χ2v) is 7.37. The molecule has 1 N–H and O–H groups in total. The zero-order chi connectivity index (χ0) is 18.6. The van der Waals surface area contributed by atoms with Gasteiger partial charge >= 0.3 is 0 Å². The van der Waals surface area contributed by atoms with Crippen molar-refractivity contribution in [1.29, 1.82) is 0 Å². The maximum Gasteiger partial charge on any atom is 0.245 e. The molecule has 0 aromatic heterocycles. The van der Waals surface area contributed by atoms with Gasteiger partial charge in [0.15, 0.2) is 11.6 Å². The molecule has 0 atom stereocenters. The first-order valence-corrected chi connectivity index (χ1v) is 9.37. The van der Waals surface area contributed by atoms with Crippen LogP contribution in [-0.2, 0) is 21.2 Å². The molecular weight excluding hydrogens is 350 g/mol. The third-order valence-electron chi connectivity index (χ3n) is 3.52. The first-order chi connectivity index (χ1) is 11.7. The lowest BCUT2D eigenvalue weighted by Gasteiger charge is -2.22. The molecule has 0 spiro atoms. The van der Waals surface area contributed by atoms with E-state index in [1.165, 1.54) is 6.07 Å². The Morgan fingerprint density at radius 2 is 1.72 bits per heavy atom. The summed E-state index contributed by atoms with van der Waals surface area (Å²) < 4.78 is 51.1. The molecule has 0 heterocycles. The quantitative estimate of drug-likeness (QED) is 0.853. The number of anilines is 2. The number of nitrogens with one attached hydrogen (secondary N) is 1. The van der Waals surface area contributed by atoms with Crippen LogP contribution in [0.1, 0.15) is 12.5 Å². The Hall–Kier alpha value is -2.48. The van der Waals surface area contributed by atoms with Gasteiger partial charge in [0.2, 0.25) is 15.9 Å². The van der Waals surface area contributed by atoms with Crippen LogP contribution in [0.2, 0.25) is 0 Å². The predicted molar refractivity (Wildman–Crippen MR) is 93.0 cm³/mol. The van der Waals surface area contributed by atoms with Crippen LogP contribution in [0.15, 0.2) is 42.5 Å². The van der Waals surface area contributed by atoms with Crippen molar-refractivity contribution >= 4 is 27.3 Å². The fourth-order valence-corrected chi connectivity index (χ4v) is 3.06. The normalized spacial score (nSPS) is 11.2. The van der Waals surface area contributed by atoms with Crippen molar-refractivity contribution in [1.82, 2.24) is 0 Å². The lowest BCUT2D eigenvalue weighted by molar-refractivity contribution is -0.114. The summed E-state index contributed by atoms with van der Waals surface area (Å²) in [7, 11) is -3.70. The zero-order valence-corrected chi connectivity index (χ0v) is 14.6. The van der Waals surface area contributed by atoms with Crippen LogP contribution in [-0.4, -0.2) is 27.1 Å². The van der Waals surface area contributed by atoms with E-state index in [1.807, 2.05) is 6.92 Å². The van der Waals surface area contributed by atoms with Crippen molar-refractivity contribution in [3.8, 4) is 0 Å². The van der Waals surface area contributed by atoms with Gasteiger partial charge in [-0.3, -0.25) is 9.10 Å². The highest BCUT2D eigenvalue weighted by atomic mass is 32.2. The van der Waals surface area contributed by atoms with Crippen LogP contribution < -0.4 is 9.62 Å². The molecule has 2 aromatic carbocycles. The zero-order valence-electron chi connectivity index (χ0n) is 13.8. The van der Waals surface area contributed by atoms with Gasteiger partial charge in [0.25, 0.3) is 0 Å². The Balaban J connectivity index is 2.18. The summed E-state index contributed by atoms with van der Waals surface area (Å²) in [5.74, 6) is -2.81. The molecule has 0 aliphatic heterocycles. The number of hydrogen-bond donors (Lipinski definition) is 1. The van der Waals surface area contributed by atoms with E-state index in [1.54, 1.807) is 24.3 Å². The fourth-order valence-electron chi connectivity index (χ4n) is 2.20. The molecule has 0 radical (unpaired) electrons. The highest BCUT2D eigenvalue weighted by molar-refractivity contribution is 7.92. The molecule has 0 unspecified atom stereocenters. The lowest BCUT2D eigenvalue weighted by Crippen LogP contribution is -2.37. The van der Waals surface area contributed by atoms with E-state index in [-0.39, 0.29) is 5.69 Å². The topological polar surface area (TPSA) is 66.5 Å². The summed E-state index contributed by atoms with van der Waals surface area (Å²) in [4.78, 5) is 12.1. The predicted octanol–water partition coefficient (Wildman–Crippen LogP) is 2.93. The number of nitrogens with zero attached hydrogens (tertiary/aromatic N) is 1. The summed E-state index contributed by atoms with van der Waals surface area (Å²) in [6.45, 7) is 1.49. The Morgan fingerprint density at radius 1 is 1.08 bits per heavy atom. The number of halogens is 2. The number of carbonyl (C=O) groups is 1. The van der Waals surface area contributed by atoms with E-state index >= 15 is 0 Å². The van der Waals surface area contributed by atoms with E-state index in [2.05, 4.69) is 5.32 Å². The van der Waals surface area contributed by atoms with Gasteiger partial charge in [-0.05, 0) is 36.2 Å². The van der Waals surface area contributed by atoms with Crippen LogP contribution in [0.4, 0.5) is 20.2 Å². The summed E-state index contributed by atoms with van der Waals surface area (Å²) in [5.41, 5.74) is 1.42. The van der Waals surface area contributed by atoms with Crippen molar-refractivity contribution in [3.05, 3.63) is 59.7 Å². The molecule has 25 heavy (non-hydrogen) atoms. The summed E-state index contributed by atoms with van der Waals surface area (Å²) in [6, 6.07) is 9.69. The molecule has 1 amide bonds. The van der Waals surface area contributed by atoms with Crippen molar-refractivity contribution < 1.29 is 22.0 Å². The van der Waals surface area contributed by atoms with Crippen LogP contribution in [0.5, 0.6) is 0 Å². The molecule has 0 aliphatic rings. The average Bonchev–Trinajstić information content (AvgIpc) is 2.55. The number of sulfonamides is 1. The maximum atomic E-state index is 13.2. The van der Waals surface area contributed by atoms with Gasteiger partial charge in [0, 0.05) is 11.8 Å². The van der Waals surface area contributed by atoms with Gasteiger partial charge in [-0.2, -0.15) is 0 Å². The first kappa shape index (κ1) is 18.9. The van der Waals surface area contributed by atoms with Crippen LogP contribution >= 0.6 is 0 Å². The number of amides is 1. The molecule has 8 heteroatoms. The van der Waals surface area contributed by atoms with Gasteiger partial charge in [-0.1, -0.05) is 19.1 Å². The minimum atomic E-state index is -3.70. The van der Waals surface area contributed by atoms with E-state index in [9.17, 15) is 22.0 Å². The number of rotatable bonds is 6. The summed E-state index contributed by atoms with van der Waals surface area (Å²) in [5, 5.41) is 2.35. The summed E-state index contributed by atoms with van der Waals surface area (Å²) >= 11 is 0. The van der Waals surface area contributed by atoms with E-state index in [0.29, 0.717) is 5.69 Å². The van der Waals surface area contributed by atoms with E-state index < -0.39 is 34.1 Å². The van der Waals surface area contributed by atoms with Crippen molar-refractivity contribution in [2.24, 2.45) is 0 Å². The van der Waals surface area contributed by atoms with Crippen molar-refractivity contribution in [2.45, 2.75) is 13.3 Å². The monoisotopic (exact) mass is 368 g/mol. The van der Waals surface area contributed by atoms with Gasteiger partial charge in [-0.25, -0.2) is 17.2 Å². The maximum absolute atomic E-state index is 13.2. The third-order valence-corrected chi connectivity index (χ3v) is 4.66. The molecule has 0 fully saturated rings. The average molecular weight is 368 g/mol. The molecule has 5 nitrogen and oxygen atoms in total. The second-order valence-electron chi connectivity index (χ2n) is 5.47. The van der Waals surface area contributed by atoms with Crippen molar-refractivity contribution in [3.63, 3.8) is 0 Å². The summed E-state index contributed by atoms with van der Waals surface area (Å²) in [6.07, 6.45) is 1.79. The number of benzene rings is 2. The second kappa shape index (κ2) is 7.60. The largest absolute Gasteiger partial charge is 0.324 e. The Kier molecular flexibility index (Phi) is 5.73. The third kappa shape index (κ3) is 4.99. The standard InChI is InChI=1S/C17H18F2N2O3S/c1-3-12-4-7-14(8-5-12)21(25(2,23)24)11-17(22)20-13-6-9-15(18)16(19)10-13/h4-10H,3,11H2,1-2H3,(H,20,22). The molecule has 0 bridgehead atoms. The highest BCUT2D eigenvalue weighted by Gasteiger charge is 2.21. The Labute approximate surface area is 145 Å². The molecule has 0 aliphatic carbocycles. The van der Waals surface area contributed by atoms with Crippen molar-refractivity contribution in [2.75, 3.05) is 22.4 Å².